The summed E-state index contributed by atoms with van der Waals surface area (Å²) in [5, 5.41) is 10.8. The normalized spacial score (nSPS) is 16.5. The SMILES string of the molecule is COc1ccc([C@@H]2Oc3ccccc3C(O)=C2C(=O)OC(C)(C)C)cc1. The van der Waals surface area contributed by atoms with Gasteiger partial charge in [-0.3, -0.25) is 0 Å². The molecule has 1 aliphatic rings. The predicted molar refractivity (Wildman–Crippen MR) is 98.2 cm³/mol. The number of carbonyl (C=O) groups is 1. The van der Waals surface area contributed by atoms with Crippen molar-refractivity contribution in [1.29, 1.82) is 0 Å². The van der Waals surface area contributed by atoms with Gasteiger partial charge in [-0.25, -0.2) is 4.79 Å². The van der Waals surface area contributed by atoms with Crippen molar-refractivity contribution >= 4 is 11.7 Å². The number of benzene rings is 2. The van der Waals surface area contributed by atoms with E-state index in [1.165, 1.54) is 0 Å². The number of aliphatic hydroxyl groups is 1. The van der Waals surface area contributed by atoms with Crippen LogP contribution in [0.1, 0.15) is 38.0 Å². The summed E-state index contributed by atoms with van der Waals surface area (Å²) in [6, 6.07) is 14.2. The first-order chi connectivity index (χ1) is 12.3. The highest BCUT2D eigenvalue weighted by molar-refractivity contribution is 5.99. The van der Waals surface area contributed by atoms with Crippen LogP contribution < -0.4 is 9.47 Å². The van der Waals surface area contributed by atoms with E-state index in [2.05, 4.69) is 0 Å². The molecule has 0 bridgehead atoms. The minimum atomic E-state index is -0.773. The molecular weight excluding hydrogens is 332 g/mol. The van der Waals surface area contributed by atoms with Gasteiger partial charge >= 0.3 is 5.97 Å². The highest BCUT2D eigenvalue weighted by Gasteiger charge is 2.37. The molecule has 0 radical (unpaired) electrons. The molecule has 136 valence electrons. The summed E-state index contributed by atoms with van der Waals surface area (Å²) in [4.78, 5) is 12.8. The Morgan fingerprint density at radius 1 is 1.08 bits per heavy atom. The standard InChI is InChI=1S/C21H22O5/c1-21(2,3)26-20(23)17-18(22)15-7-5-6-8-16(15)25-19(17)13-9-11-14(24-4)12-10-13/h5-12,19,22H,1-4H3/t19-/m0/s1. The first-order valence-corrected chi connectivity index (χ1v) is 8.36. The average Bonchev–Trinajstić information content (AvgIpc) is 2.60. The molecule has 1 atom stereocenters. The van der Waals surface area contributed by atoms with Crippen LogP contribution in [0.2, 0.25) is 0 Å². The van der Waals surface area contributed by atoms with Crippen LogP contribution in [0.15, 0.2) is 54.1 Å². The van der Waals surface area contributed by atoms with Gasteiger partial charge in [-0.15, -0.1) is 0 Å². The third kappa shape index (κ3) is 3.52. The van der Waals surface area contributed by atoms with Crippen molar-refractivity contribution in [3.05, 3.63) is 65.2 Å². The molecule has 5 heteroatoms. The highest BCUT2D eigenvalue weighted by Crippen LogP contribution is 2.42. The second-order valence-electron chi connectivity index (χ2n) is 7.03. The Bertz CT molecular complexity index is 843. The quantitative estimate of drug-likeness (QED) is 0.826. The Labute approximate surface area is 152 Å². The number of hydrogen-bond donors (Lipinski definition) is 1. The average molecular weight is 354 g/mol. The van der Waals surface area contributed by atoms with Crippen molar-refractivity contribution in [2.75, 3.05) is 7.11 Å². The minimum Gasteiger partial charge on any atom is -0.506 e. The number of para-hydroxylation sites is 1. The summed E-state index contributed by atoms with van der Waals surface area (Å²) in [6.45, 7) is 5.34. The van der Waals surface area contributed by atoms with Crippen molar-refractivity contribution in [1.82, 2.24) is 0 Å². The van der Waals surface area contributed by atoms with Crippen molar-refractivity contribution in [2.45, 2.75) is 32.5 Å². The molecule has 2 aromatic carbocycles. The molecule has 1 heterocycles. The fourth-order valence-electron chi connectivity index (χ4n) is 2.77. The van der Waals surface area contributed by atoms with E-state index in [1.807, 2.05) is 6.07 Å². The molecule has 0 aromatic heterocycles. The van der Waals surface area contributed by atoms with Gasteiger partial charge in [0.25, 0.3) is 0 Å². The maximum atomic E-state index is 12.8. The van der Waals surface area contributed by atoms with Crippen LogP contribution in [0, 0.1) is 0 Å². The molecule has 0 unspecified atom stereocenters. The van der Waals surface area contributed by atoms with E-state index in [-0.39, 0.29) is 11.3 Å². The molecule has 1 N–H and O–H groups in total. The smallest absolute Gasteiger partial charge is 0.342 e. The molecular formula is C21H22O5. The summed E-state index contributed by atoms with van der Waals surface area (Å²) >= 11 is 0. The summed E-state index contributed by atoms with van der Waals surface area (Å²) < 4.78 is 16.7. The fraction of sp³-hybridized carbons (Fsp3) is 0.286. The van der Waals surface area contributed by atoms with E-state index < -0.39 is 17.7 Å². The van der Waals surface area contributed by atoms with Crippen LogP contribution in [0.4, 0.5) is 0 Å². The monoisotopic (exact) mass is 354 g/mol. The Morgan fingerprint density at radius 2 is 1.73 bits per heavy atom. The van der Waals surface area contributed by atoms with E-state index in [0.717, 1.165) is 0 Å². The number of rotatable bonds is 3. The lowest BCUT2D eigenvalue weighted by Crippen LogP contribution is -2.30. The minimum absolute atomic E-state index is 0.0868. The fourth-order valence-corrected chi connectivity index (χ4v) is 2.77. The van der Waals surface area contributed by atoms with Crippen molar-refractivity contribution < 1.29 is 24.1 Å². The molecule has 26 heavy (non-hydrogen) atoms. The summed E-state index contributed by atoms with van der Waals surface area (Å²) in [6.07, 6.45) is -0.773. The molecule has 0 aliphatic carbocycles. The van der Waals surface area contributed by atoms with E-state index >= 15 is 0 Å². The van der Waals surface area contributed by atoms with E-state index in [0.29, 0.717) is 22.6 Å². The molecule has 0 spiro atoms. The molecule has 0 saturated heterocycles. The third-order valence-corrected chi connectivity index (χ3v) is 3.94. The number of fused-ring (bicyclic) bond motifs is 1. The second kappa shape index (κ2) is 6.75. The Morgan fingerprint density at radius 3 is 2.35 bits per heavy atom. The molecule has 1 aliphatic heterocycles. The summed E-state index contributed by atoms with van der Waals surface area (Å²) in [5.41, 5.74) is 0.584. The number of esters is 1. The van der Waals surface area contributed by atoms with Gasteiger partial charge in [0, 0.05) is 0 Å². The molecule has 0 fully saturated rings. The zero-order valence-electron chi connectivity index (χ0n) is 15.3. The van der Waals surface area contributed by atoms with Crippen LogP contribution in [-0.2, 0) is 9.53 Å². The summed E-state index contributed by atoms with van der Waals surface area (Å²) in [7, 11) is 1.58. The molecule has 0 amide bonds. The molecule has 5 nitrogen and oxygen atoms in total. The van der Waals surface area contributed by atoms with Gasteiger partial charge in [-0.1, -0.05) is 24.3 Å². The van der Waals surface area contributed by atoms with E-state index in [1.54, 1.807) is 70.3 Å². The van der Waals surface area contributed by atoms with E-state index in [4.69, 9.17) is 14.2 Å². The first-order valence-electron chi connectivity index (χ1n) is 8.36. The zero-order valence-corrected chi connectivity index (χ0v) is 15.3. The Kier molecular flexibility index (Phi) is 4.64. The zero-order chi connectivity index (χ0) is 18.9. The lowest BCUT2D eigenvalue weighted by molar-refractivity contribution is -0.151. The van der Waals surface area contributed by atoms with Gasteiger partial charge in [0.15, 0.2) is 6.10 Å². The lowest BCUT2D eigenvalue weighted by Gasteiger charge is -2.30. The topological polar surface area (TPSA) is 65.0 Å². The van der Waals surface area contributed by atoms with E-state index in [9.17, 15) is 9.90 Å². The van der Waals surface area contributed by atoms with Crippen molar-refractivity contribution in [3.8, 4) is 11.5 Å². The van der Waals surface area contributed by atoms with Crippen molar-refractivity contribution in [2.24, 2.45) is 0 Å². The lowest BCUT2D eigenvalue weighted by atomic mass is 9.94. The van der Waals surface area contributed by atoms with Crippen LogP contribution in [-0.4, -0.2) is 23.8 Å². The van der Waals surface area contributed by atoms with Crippen LogP contribution >= 0.6 is 0 Å². The van der Waals surface area contributed by atoms with Crippen LogP contribution in [0.5, 0.6) is 11.5 Å². The van der Waals surface area contributed by atoms with Gasteiger partial charge in [-0.2, -0.15) is 0 Å². The molecule has 2 aromatic rings. The largest absolute Gasteiger partial charge is 0.506 e. The second-order valence-corrected chi connectivity index (χ2v) is 7.03. The van der Waals surface area contributed by atoms with Crippen LogP contribution in [0.25, 0.3) is 5.76 Å². The highest BCUT2D eigenvalue weighted by atomic mass is 16.6. The molecule has 3 rings (SSSR count). The van der Waals surface area contributed by atoms with Crippen molar-refractivity contribution in [3.63, 3.8) is 0 Å². The Hall–Kier alpha value is -2.95. The van der Waals surface area contributed by atoms with Gasteiger partial charge in [0.1, 0.15) is 28.4 Å². The van der Waals surface area contributed by atoms with Gasteiger partial charge in [0.2, 0.25) is 0 Å². The van der Waals surface area contributed by atoms with Gasteiger partial charge < -0.3 is 19.3 Å². The van der Waals surface area contributed by atoms with Gasteiger partial charge in [-0.05, 0) is 50.6 Å². The first kappa shape index (κ1) is 17.9. The Balaban J connectivity index is 2.09. The number of ether oxygens (including phenoxy) is 3. The summed E-state index contributed by atoms with van der Waals surface area (Å²) in [5.74, 6) is 0.474. The maximum absolute atomic E-state index is 12.8. The molecule has 0 saturated carbocycles. The maximum Gasteiger partial charge on any atom is 0.342 e. The predicted octanol–water partition coefficient (Wildman–Crippen LogP) is 4.44. The number of aliphatic hydroxyl groups excluding tert-OH is 1. The van der Waals surface area contributed by atoms with Gasteiger partial charge in [0.05, 0.1) is 12.7 Å². The third-order valence-electron chi connectivity index (χ3n) is 3.94. The van der Waals surface area contributed by atoms with Crippen LogP contribution in [0.3, 0.4) is 0 Å². The number of carbonyl (C=O) groups excluding carboxylic acids is 1. The number of methoxy groups -OCH3 is 1. The number of hydrogen-bond acceptors (Lipinski definition) is 5.